The molecule has 1 fully saturated rings. The molecular weight excluding hydrogens is 414 g/mol. The first kappa shape index (κ1) is 21.2. The molecule has 1 saturated heterocycles. The SMILES string of the molecule is C/C(=N\NC(=O)c1cccc(S(=O)(=O)N2CCOCC2)c1)c1cccc2ccccc12. The topological polar surface area (TPSA) is 88.1 Å². The highest BCUT2D eigenvalue weighted by Gasteiger charge is 2.26. The molecule has 1 aliphatic rings. The van der Waals surface area contributed by atoms with Crippen LogP contribution in [0.2, 0.25) is 0 Å². The van der Waals surface area contributed by atoms with E-state index < -0.39 is 15.9 Å². The predicted octanol–water partition coefficient (Wildman–Crippen LogP) is 3.01. The van der Waals surface area contributed by atoms with Crippen LogP contribution in [0, 0.1) is 0 Å². The molecule has 0 radical (unpaired) electrons. The largest absolute Gasteiger partial charge is 0.379 e. The van der Waals surface area contributed by atoms with Crippen molar-refractivity contribution in [3.8, 4) is 0 Å². The molecule has 3 aromatic rings. The maximum atomic E-state index is 12.8. The van der Waals surface area contributed by atoms with Crippen LogP contribution in [0.5, 0.6) is 0 Å². The van der Waals surface area contributed by atoms with Gasteiger partial charge in [-0.05, 0) is 35.9 Å². The lowest BCUT2D eigenvalue weighted by Crippen LogP contribution is -2.40. The van der Waals surface area contributed by atoms with Crippen molar-refractivity contribution in [1.29, 1.82) is 0 Å². The van der Waals surface area contributed by atoms with E-state index in [1.807, 2.05) is 49.4 Å². The fourth-order valence-electron chi connectivity index (χ4n) is 3.53. The van der Waals surface area contributed by atoms with Gasteiger partial charge in [-0.25, -0.2) is 13.8 Å². The van der Waals surface area contributed by atoms with Crippen LogP contribution in [-0.4, -0.2) is 50.6 Å². The van der Waals surface area contributed by atoms with Gasteiger partial charge in [0.15, 0.2) is 0 Å². The Bertz CT molecular complexity index is 1240. The number of ether oxygens (including phenoxy) is 1. The van der Waals surface area contributed by atoms with Crippen molar-refractivity contribution in [2.75, 3.05) is 26.3 Å². The summed E-state index contributed by atoms with van der Waals surface area (Å²) in [6.07, 6.45) is 0. The minimum atomic E-state index is -3.68. The molecule has 31 heavy (non-hydrogen) atoms. The summed E-state index contributed by atoms with van der Waals surface area (Å²) >= 11 is 0. The maximum Gasteiger partial charge on any atom is 0.271 e. The fraction of sp³-hybridized carbons (Fsp3) is 0.217. The van der Waals surface area contributed by atoms with E-state index in [1.54, 1.807) is 12.1 Å². The highest BCUT2D eigenvalue weighted by atomic mass is 32.2. The van der Waals surface area contributed by atoms with Crippen molar-refractivity contribution in [3.63, 3.8) is 0 Å². The van der Waals surface area contributed by atoms with E-state index >= 15 is 0 Å². The van der Waals surface area contributed by atoms with E-state index in [4.69, 9.17) is 4.74 Å². The highest BCUT2D eigenvalue weighted by molar-refractivity contribution is 7.89. The molecule has 0 saturated carbocycles. The van der Waals surface area contributed by atoms with Crippen molar-refractivity contribution >= 4 is 32.4 Å². The Morgan fingerprint density at radius 3 is 2.52 bits per heavy atom. The number of morpholine rings is 1. The van der Waals surface area contributed by atoms with E-state index in [0.717, 1.165) is 16.3 Å². The van der Waals surface area contributed by atoms with Crippen LogP contribution in [0.1, 0.15) is 22.8 Å². The van der Waals surface area contributed by atoms with Crippen LogP contribution in [0.4, 0.5) is 0 Å². The van der Waals surface area contributed by atoms with Gasteiger partial charge in [0.05, 0.1) is 23.8 Å². The normalized spacial score (nSPS) is 15.7. The Kier molecular flexibility index (Phi) is 6.13. The summed E-state index contributed by atoms with van der Waals surface area (Å²) in [5, 5.41) is 6.37. The van der Waals surface area contributed by atoms with Crippen molar-refractivity contribution in [2.45, 2.75) is 11.8 Å². The van der Waals surface area contributed by atoms with E-state index in [2.05, 4.69) is 10.5 Å². The third-order valence-electron chi connectivity index (χ3n) is 5.21. The summed E-state index contributed by atoms with van der Waals surface area (Å²) in [4.78, 5) is 12.7. The van der Waals surface area contributed by atoms with E-state index in [9.17, 15) is 13.2 Å². The van der Waals surface area contributed by atoms with E-state index in [0.29, 0.717) is 32.0 Å². The van der Waals surface area contributed by atoms with Gasteiger partial charge in [0.2, 0.25) is 10.0 Å². The molecule has 160 valence electrons. The minimum Gasteiger partial charge on any atom is -0.379 e. The summed E-state index contributed by atoms with van der Waals surface area (Å²) in [7, 11) is -3.68. The van der Waals surface area contributed by atoms with Crippen LogP contribution in [0.3, 0.4) is 0 Å². The van der Waals surface area contributed by atoms with Gasteiger partial charge in [0.25, 0.3) is 5.91 Å². The molecule has 7 nitrogen and oxygen atoms in total. The first-order valence-electron chi connectivity index (χ1n) is 9.97. The average molecular weight is 438 g/mol. The molecule has 3 aromatic carbocycles. The number of amides is 1. The number of hydrazone groups is 1. The van der Waals surface area contributed by atoms with Gasteiger partial charge in [-0.1, -0.05) is 48.5 Å². The summed E-state index contributed by atoms with van der Waals surface area (Å²) in [5.74, 6) is -0.474. The van der Waals surface area contributed by atoms with Crippen LogP contribution in [0.25, 0.3) is 10.8 Å². The average Bonchev–Trinajstić information content (AvgIpc) is 2.82. The van der Waals surface area contributed by atoms with Crippen LogP contribution in [-0.2, 0) is 14.8 Å². The standard InChI is InChI=1S/C23H23N3O4S/c1-17(21-11-5-7-18-6-2-3-10-22(18)21)24-25-23(27)19-8-4-9-20(16-19)31(28,29)26-12-14-30-15-13-26/h2-11,16H,12-15H2,1H3,(H,25,27)/b24-17+. The molecule has 0 unspecified atom stereocenters. The third kappa shape index (κ3) is 4.51. The van der Waals surface area contributed by atoms with E-state index in [1.165, 1.54) is 16.4 Å². The lowest BCUT2D eigenvalue weighted by molar-refractivity contribution is 0.0730. The van der Waals surface area contributed by atoms with Gasteiger partial charge in [-0.3, -0.25) is 4.79 Å². The number of nitrogens with one attached hydrogen (secondary N) is 1. The second-order valence-corrected chi connectivity index (χ2v) is 9.15. The van der Waals surface area contributed by atoms with Crippen molar-refractivity contribution in [2.24, 2.45) is 5.10 Å². The Hall–Kier alpha value is -3.07. The number of benzene rings is 3. The number of fused-ring (bicyclic) bond motifs is 1. The molecule has 0 spiro atoms. The van der Waals surface area contributed by atoms with Crippen LogP contribution >= 0.6 is 0 Å². The molecule has 0 aliphatic carbocycles. The second-order valence-electron chi connectivity index (χ2n) is 7.21. The fourth-order valence-corrected chi connectivity index (χ4v) is 4.99. The number of sulfonamides is 1. The molecule has 8 heteroatoms. The summed E-state index contributed by atoms with van der Waals surface area (Å²) in [6, 6.07) is 19.9. The zero-order chi connectivity index (χ0) is 21.8. The Morgan fingerprint density at radius 2 is 1.71 bits per heavy atom. The Labute approximate surface area is 181 Å². The number of rotatable bonds is 5. The maximum absolute atomic E-state index is 12.8. The second kappa shape index (κ2) is 8.97. The first-order chi connectivity index (χ1) is 15.0. The highest BCUT2D eigenvalue weighted by Crippen LogP contribution is 2.20. The van der Waals surface area contributed by atoms with Crippen molar-refractivity contribution < 1.29 is 17.9 Å². The van der Waals surface area contributed by atoms with Gasteiger partial charge < -0.3 is 4.74 Å². The van der Waals surface area contributed by atoms with Crippen molar-refractivity contribution in [1.82, 2.24) is 9.73 Å². The predicted molar refractivity (Wildman–Crippen MR) is 120 cm³/mol. The van der Waals surface area contributed by atoms with Gasteiger partial charge in [0, 0.05) is 24.2 Å². The van der Waals surface area contributed by atoms with Gasteiger partial charge in [-0.15, -0.1) is 0 Å². The Balaban J connectivity index is 1.54. The van der Waals surface area contributed by atoms with Crippen LogP contribution in [0.15, 0.2) is 76.7 Å². The molecule has 1 N–H and O–H groups in total. The molecule has 0 aromatic heterocycles. The first-order valence-corrected chi connectivity index (χ1v) is 11.4. The molecule has 4 rings (SSSR count). The molecule has 1 amide bonds. The number of carbonyl (C=O) groups excluding carboxylic acids is 1. The van der Waals surface area contributed by atoms with Crippen LogP contribution < -0.4 is 5.43 Å². The Morgan fingerprint density at radius 1 is 1.00 bits per heavy atom. The zero-order valence-electron chi connectivity index (χ0n) is 17.1. The minimum absolute atomic E-state index is 0.0804. The molecule has 0 bridgehead atoms. The number of hydrogen-bond acceptors (Lipinski definition) is 5. The molecular formula is C23H23N3O4S. The van der Waals surface area contributed by atoms with Gasteiger partial charge in [-0.2, -0.15) is 9.41 Å². The number of carbonyl (C=O) groups is 1. The van der Waals surface area contributed by atoms with Crippen molar-refractivity contribution in [3.05, 3.63) is 77.9 Å². The summed E-state index contributed by atoms with van der Waals surface area (Å²) in [6.45, 7) is 3.14. The summed E-state index contributed by atoms with van der Waals surface area (Å²) < 4.78 is 32.3. The molecule has 1 aliphatic heterocycles. The summed E-state index contributed by atoms with van der Waals surface area (Å²) in [5.41, 5.74) is 4.34. The molecule has 1 heterocycles. The number of nitrogens with zero attached hydrogens (tertiary/aromatic N) is 2. The smallest absolute Gasteiger partial charge is 0.271 e. The lowest BCUT2D eigenvalue weighted by atomic mass is 10.0. The number of hydrogen-bond donors (Lipinski definition) is 1. The zero-order valence-corrected chi connectivity index (χ0v) is 17.9. The lowest BCUT2D eigenvalue weighted by Gasteiger charge is -2.26. The monoisotopic (exact) mass is 437 g/mol. The third-order valence-corrected chi connectivity index (χ3v) is 7.10. The quantitative estimate of drug-likeness (QED) is 0.491. The molecule has 0 atom stereocenters. The van der Waals surface area contributed by atoms with E-state index in [-0.39, 0.29) is 10.5 Å². The van der Waals surface area contributed by atoms with Gasteiger partial charge in [0.1, 0.15) is 0 Å². The van der Waals surface area contributed by atoms with Gasteiger partial charge >= 0.3 is 0 Å².